The fourth-order valence-electron chi connectivity index (χ4n) is 8.73. The number of aryl methyl sites for hydroxylation is 1. The van der Waals surface area contributed by atoms with E-state index < -0.39 is 0 Å². The first kappa shape index (κ1) is 27.7. The monoisotopic (exact) mass is 490 g/mol. The van der Waals surface area contributed by atoms with E-state index in [9.17, 15) is 4.79 Å². The van der Waals surface area contributed by atoms with Crippen LogP contribution in [0.1, 0.15) is 111 Å². The van der Waals surface area contributed by atoms with Crippen LogP contribution in [0.2, 0.25) is 0 Å². The molecule has 200 valence electrons. The third-order valence-electron chi connectivity index (χ3n) is 11.1. The predicted octanol–water partition coefficient (Wildman–Crippen LogP) is 9.70. The fraction of sp³-hybridized carbons (Fsp3) is 0.743. The molecule has 0 heterocycles. The number of rotatable bonds is 13. The van der Waals surface area contributed by atoms with Gasteiger partial charge in [-0.1, -0.05) is 95.9 Å². The smallest absolute Gasteiger partial charge is 0.139 e. The molecule has 3 aliphatic rings. The van der Waals surface area contributed by atoms with E-state index in [0.717, 1.165) is 17.8 Å². The first-order valence-electron chi connectivity index (χ1n) is 15.5. The molecule has 1 aromatic carbocycles. The molecule has 8 unspecified atom stereocenters. The molecule has 8 atom stereocenters. The molecule has 3 aliphatic carbocycles. The van der Waals surface area contributed by atoms with Crippen molar-refractivity contribution in [1.82, 2.24) is 0 Å². The molecule has 1 nitrogen and oxygen atoms in total. The highest BCUT2D eigenvalue weighted by Crippen LogP contribution is 2.72. The second kappa shape index (κ2) is 12.0. The molecule has 1 heteroatoms. The van der Waals surface area contributed by atoms with Crippen molar-refractivity contribution >= 4 is 5.78 Å². The normalized spacial score (nSPS) is 32.5. The Hall–Kier alpha value is -1.37. The Morgan fingerprint density at radius 2 is 1.83 bits per heavy atom. The van der Waals surface area contributed by atoms with Gasteiger partial charge in [-0.05, 0) is 105 Å². The maximum atomic E-state index is 14.0. The van der Waals surface area contributed by atoms with Crippen LogP contribution >= 0.6 is 0 Å². The van der Waals surface area contributed by atoms with Crippen molar-refractivity contribution in [2.45, 2.75) is 112 Å². The Kier molecular flexibility index (Phi) is 9.22. The van der Waals surface area contributed by atoms with Crippen molar-refractivity contribution < 1.29 is 4.79 Å². The molecule has 0 aromatic heterocycles. The van der Waals surface area contributed by atoms with Crippen LogP contribution in [-0.2, 0) is 11.2 Å². The third kappa shape index (κ3) is 6.19. The topological polar surface area (TPSA) is 17.1 Å². The lowest BCUT2D eigenvalue weighted by atomic mass is 9.68. The lowest BCUT2D eigenvalue weighted by Crippen LogP contribution is -2.34. The number of ketones is 1. The lowest BCUT2D eigenvalue weighted by Gasteiger charge is -2.35. The molecule has 3 fully saturated rings. The highest BCUT2D eigenvalue weighted by molar-refractivity contribution is 5.84. The highest BCUT2D eigenvalue weighted by Gasteiger charge is 2.67. The van der Waals surface area contributed by atoms with Gasteiger partial charge in [-0.25, -0.2) is 0 Å². The number of carbonyl (C=O) groups excluding carboxylic acids is 1. The van der Waals surface area contributed by atoms with E-state index in [0.29, 0.717) is 34.9 Å². The molecule has 0 radical (unpaired) electrons. The predicted molar refractivity (Wildman–Crippen MR) is 154 cm³/mol. The Balaban J connectivity index is 1.32. The second-order valence-electron chi connectivity index (χ2n) is 13.7. The van der Waals surface area contributed by atoms with E-state index in [2.05, 4.69) is 71.5 Å². The minimum absolute atomic E-state index is 0.252. The first-order valence-corrected chi connectivity index (χ1v) is 15.5. The van der Waals surface area contributed by atoms with Gasteiger partial charge in [0.25, 0.3) is 0 Å². The molecule has 0 N–H and O–H groups in total. The fourth-order valence-corrected chi connectivity index (χ4v) is 8.73. The van der Waals surface area contributed by atoms with Crippen LogP contribution in [0.15, 0.2) is 42.5 Å². The zero-order chi connectivity index (χ0) is 25.9. The van der Waals surface area contributed by atoms with Crippen molar-refractivity contribution in [3.8, 4) is 0 Å². The highest BCUT2D eigenvalue weighted by atomic mass is 16.1. The second-order valence-corrected chi connectivity index (χ2v) is 13.7. The van der Waals surface area contributed by atoms with Crippen LogP contribution in [0.3, 0.4) is 0 Å². The van der Waals surface area contributed by atoms with Gasteiger partial charge in [-0.15, -0.1) is 0 Å². The van der Waals surface area contributed by atoms with Crippen molar-refractivity contribution in [3.05, 3.63) is 48.0 Å². The average molecular weight is 491 g/mol. The number of fused-ring (bicyclic) bond motifs is 1. The summed E-state index contributed by atoms with van der Waals surface area (Å²) in [5.74, 6) is 5.47. The van der Waals surface area contributed by atoms with Gasteiger partial charge < -0.3 is 0 Å². The summed E-state index contributed by atoms with van der Waals surface area (Å²) < 4.78 is 0. The van der Waals surface area contributed by atoms with Crippen molar-refractivity contribution in [1.29, 1.82) is 0 Å². The number of Topliss-reactive ketones (excluding diaryl/α,β-unsaturated/α-hetero) is 1. The van der Waals surface area contributed by atoms with Gasteiger partial charge in [0.15, 0.2) is 0 Å². The molecule has 36 heavy (non-hydrogen) atoms. The van der Waals surface area contributed by atoms with Crippen LogP contribution in [0, 0.1) is 52.8 Å². The quantitative estimate of drug-likeness (QED) is 0.251. The Labute approximate surface area is 222 Å². The molecule has 0 saturated heterocycles. The first-order chi connectivity index (χ1) is 17.2. The number of hydrogen-bond donors (Lipinski definition) is 0. The summed E-state index contributed by atoms with van der Waals surface area (Å²) in [6, 6.07) is 10.9. The number of allylic oxidation sites excluding steroid dienone is 1. The standard InChI is InChI=1S/C35H54O/c1-7-13-28(24(2)3)20-21-30-31(23-32-33(30)35(32,5)6)34(36)25(4)29-19-12-18-27(22-29)17-11-16-26-14-9-8-10-15-26/h8-10,14-15,25,27-33H,2,7,11-13,16-23H2,1,3-6H3. The zero-order valence-electron chi connectivity index (χ0n) is 24.1. The molecular weight excluding hydrogens is 436 g/mol. The van der Waals surface area contributed by atoms with Crippen molar-refractivity contribution in [3.63, 3.8) is 0 Å². The van der Waals surface area contributed by atoms with Crippen LogP contribution in [0.4, 0.5) is 0 Å². The summed E-state index contributed by atoms with van der Waals surface area (Å²) in [6.45, 7) is 16.0. The number of benzene rings is 1. The van der Waals surface area contributed by atoms with Crippen LogP contribution in [0.5, 0.6) is 0 Å². The maximum Gasteiger partial charge on any atom is 0.139 e. The van der Waals surface area contributed by atoms with Gasteiger partial charge in [0.05, 0.1) is 0 Å². The minimum atomic E-state index is 0.252. The molecule has 0 spiro atoms. The molecular formula is C35H54O. The Morgan fingerprint density at radius 3 is 2.53 bits per heavy atom. The van der Waals surface area contributed by atoms with Gasteiger partial charge in [-0.3, -0.25) is 4.79 Å². The van der Waals surface area contributed by atoms with E-state index in [1.807, 2.05) is 0 Å². The summed E-state index contributed by atoms with van der Waals surface area (Å²) in [7, 11) is 0. The number of carbonyl (C=O) groups is 1. The van der Waals surface area contributed by atoms with Gasteiger partial charge in [-0.2, -0.15) is 0 Å². The summed E-state index contributed by atoms with van der Waals surface area (Å²) in [5, 5.41) is 0. The maximum absolute atomic E-state index is 14.0. The van der Waals surface area contributed by atoms with E-state index in [4.69, 9.17) is 0 Å². The third-order valence-corrected chi connectivity index (χ3v) is 11.1. The molecule has 4 rings (SSSR count). The molecule has 1 aromatic rings. The summed E-state index contributed by atoms with van der Waals surface area (Å²) in [6.07, 6.45) is 15.2. The van der Waals surface area contributed by atoms with E-state index in [1.54, 1.807) is 0 Å². The van der Waals surface area contributed by atoms with Gasteiger partial charge in [0, 0.05) is 11.8 Å². The molecule has 0 amide bonds. The Bertz CT molecular complexity index is 866. The summed E-state index contributed by atoms with van der Waals surface area (Å²) >= 11 is 0. The average Bonchev–Trinajstić information content (AvgIpc) is 3.20. The molecule has 0 aliphatic heterocycles. The zero-order valence-corrected chi connectivity index (χ0v) is 24.1. The lowest BCUT2D eigenvalue weighted by molar-refractivity contribution is -0.130. The minimum Gasteiger partial charge on any atom is -0.299 e. The SMILES string of the molecule is C=C(C)C(CCC)CCC1C(C(=O)C(C)C2CCCC(CCCc3ccccc3)C2)CC2C1C2(C)C. The molecule has 0 bridgehead atoms. The Morgan fingerprint density at radius 1 is 1.08 bits per heavy atom. The van der Waals surface area contributed by atoms with Crippen LogP contribution < -0.4 is 0 Å². The van der Waals surface area contributed by atoms with E-state index in [-0.39, 0.29) is 5.92 Å². The largest absolute Gasteiger partial charge is 0.299 e. The van der Waals surface area contributed by atoms with Gasteiger partial charge >= 0.3 is 0 Å². The van der Waals surface area contributed by atoms with E-state index >= 15 is 0 Å². The van der Waals surface area contributed by atoms with Crippen molar-refractivity contribution in [2.75, 3.05) is 0 Å². The number of hydrogen-bond acceptors (Lipinski definition) is 1. The summed E-state index contributed by atoms with van der Waals surface area (Å²) in [5.41, 5.74) is 3.27. The van der Waals surface area contributed by atoms with E-state index in [1.165, 1.54) is 88.2 Å². The van der Waals surface area contributed by atoms with Gasteiger partial charge in [0.1, 0.15) is 5.78 Å². The van der Waals surface area contributed by atoms with Gasteiger partial charge in [0.2, 0.25) is 0 Å². The summed E-state index contributed by atoms with van der Waals surface area (Å²) in [4.78, 5) is 14.0. The molecule has 3 saturated carbocycles. The van der Waals surface area contributed by atoms with Crippen molar-refractivity contribution in [2.24, 2.45) is 52.8 Å². The van der Waals surface area contributed by atoms with Crippen LogP contribution in [0.25, 0.3) is 0 Å². The van der Waals surface area contributed by atoms with Crippen LogP contribution in [-0.4, -0.2) is 5.78 Å².